The maximum Gasteiger partial charge on any atom is 0.251 e. The molecular weight excluding hydrogens is 260 g/mol. The number of nitrogens with one attached hydrogen (secondary N) is 1. The first-order valence-corrected chi connectivity index (χ1v) is 8.42. The number of amides is 1. The zero-order valence-corrected chi connectivity index (χ0v) is 13.0. The molecule has 1 aromatic rings. The Balaban J connectivity index is 1.51. The molecule has 1 amide bonds. The molecule has 3 nitrogen and oxygen atoms in total. The van der Waals surface area contributed by atoms with Crippen molar-refractivity contribution in [2.45, 2.75) is 44.9 Å². The SMILES string of the molecule is O=C(NCCCCCN1CCCCCC1)c1ccccc1. The van der Waals surface area contributed by atoms with E-state index >= 15 is 0 Å². The topological polar surface area (TPSA) is 32.3 Å². The van der Waals surface area contributed by atoms with Crippen LogP contribution in [0.2, 0.25) is 0 Å². The first kappa shape index (κ1) is 16.0. The molecule has 1 N–H and O–H groups in total. The molecule has 2 rings (SSSR count). The van der Waals surface area contributed by atoms with E-state index in [0.29, 0.717) is 0 Å². The van der Waals surface area contributed by atoms with E-state index in [0.717, 1.165) is 18.5 Å². The Labute approximate surface area is 128 Å². The van der Waals surface area contributed by atoms with Gasteiger partial charge in [-0.3, -0.25) is 4.79 Å². The molecular formula is C18H28N2O. The Morgan fingerprint density at radius 2 is 1.67 bits per heavy atom. The van der Waals surface area contributed by atoms with E-state index in [-0.39, 0.29) is 5.91 Å². The summed E-state index contributed by atoms with van der Waals surface area (Å²) in [6, 6.07) is 9.44. The number of carbonyl (C=O) groups excluding carboxylic acids is 1. The highest BCUT2D eigenvalue weighted by Crippen LogP contribution is 2.10. The van der Waals surface area contributed by atoms with Crippen LogP contribution in [0.4, 0.5) is 0 Å². The molecule has 21 heavy (non-hydrogen) atoms. The van der Waals surface area contributed by atoms with E-state index in [1.165, 1.54) is 58.2 Å². The van der Waals surface area contributed by atoms with Crippen molar-refractivity contribution in [1.29, 1.82) is 0 Å². The Bertz CT molecular complexity index is 397. The fraction of sp³-hybridized carbons (Fsp3) is 0.611. The molecule has 1 heterocycles. The highest BCUT2D eigenvalue weighted by molar-refractivity contribution is 5.94. The van der Waals surface area contributed by atoms with Gasteiger partial charge in [0.25, 0.3) is 5.91 Å². The number of hydrogen-bond donors (Lipinski definition) is 1. The standard InChI is InChI=1S/C18H28N2O/c21-18(17-11-5-3-6-12-17)19-13-7-4-10-16-20-14-8-1-2-9-15-20/h3,5-6,11-12H,1-2,4,7-10,13-16H2,(H,19,21). The zero-order valence-electron chi connectivity index (χ0n) is 13.0. The van der Waals surface area contributed by atoms with Gasteiger partial charge in [-0.25, -0.2) is 0 Å². The van der Waals surface area contributed by atoms with Crippen molar-refractivity contribution >= 4 is 5.91 Å². The highest BCUT2D eigenvalue weighted by Gasteiger charge is 2.08. The van der Waals surface area contributed by atoms with Gasteiger partial charge in [-0.1, -0.05) is 37.5 Å². The summed E-state index contributed by atoms with van der Waals surface area (Å²) in [7, 11) is 0. The zero-order chi connectivity index (χ0) is 14.8. The number of carbonyl (C=O) groups is 1. The summed E-state index contributed by atoms with van der Waals surface area (Å²) in [5, 5.41) is 2.99. The molecule has 1 aliphatic heterocycles. The third-order valence-corrected chi connectivity index (χ3v) is 4.17. The average molecular weight is 288 g/mol. The Kier molecular flexibility index (Phi) is 7.30. The Hall–Kier alpha value is -1.35. The molecule has 0 atom stereocenters. The molecule has 0 saturated carbocycles. The summed E-state index contributed by atoms with van der Waals surface area (Å²) in [6.45, 7) is 4.58. The van der Waals surface area contributed by atoms with Crippen molar-refractivity contribution in [2.24, 2.45) is 0 Å². The summed E-state index contributed by atoms with van der Waals surface area (Å²) in [6.07, 6.45) is 9.07. The van der Waals surface area contributed by atoms with Crippen molar-refractivity contribution < 1.29 is 4.79 Å². The van der Waals surface area contributed by atoms with Crippen LogP contribution in [0.25, 0.3) is 0 Å². The number of likely N-dealkylation sites (tertiary alicyclic amines) is 1. The van der Waals surface area contributed by atoms with Crippen LogP contribution in [-0.2, 0) is 0 Å². The molecule has 1 saturated heterocycles. The van der Waals surface area contributed by atoms with Crippen molar-refractivity contribution in [2.75, 3.05) is 26.2 Å². The summed E-state index contributed by atoms with van der Waals surface area (Å²) < 4.78 is 0. The highest BCUT2D eigenvalue weighted by atomic mass is 16.1. The Morgan fingerprint density at radius 3 is 2.38 bits per heavy atom. The van der Waals surface area contributed by atoms with E-state index < -0.39 is 0 Å². The van der Waals surface area contributed by atoms with Gasteiger partial charge < -0.3 is 10.2 Å². The molecule has 0 unspecified atom stereocenters. The molecule has 0 aromatic heterocycles. The summed E-state index contributed by atoms with van der Waals surface area (Å²) in [5.41, 5.74) is 0.752. The van der Waals surface area contributed by atoms with Gasteiger partial charge in [-0.2, -0.15) is 0 Å². The van der Waals surface area contributed by atoms with E-state index in [4.69, 9.17) is 0 Å². The largest absolute Gasteiger partial charge is 0.352 e. The second-order valence-electron chi connectivity index (χ2n) is 5.94. The van der Waals surface area contributed by atoms with Crippen LogP contribution in [0.3, 0.4) is 0 Å². The number of nitrogens with zero attached hydrogens (tertiary/aromatic N) is 1. The lowest BCUT2D eigenvalue weighted by molar-refractivity contribution is 0.0953. The Morgan fingerprint density at radius 1 is 0.952 bits per heavy atom. The van der Waals surface area contributed by atoms with Crippen molar-refractivity contribution in [3.8, 4) is 0 Å². The third-order valence-electron chi connectivity index (χ3n) is 4.17. The number of rotatable bonds is 7. The van der Waals surface area contributed by atoms with Crippen molar-refractivity contribution in [3.63, 3.8) is 0 Å². The van der Waals surface area contributed by atoms with Crippen LogP contribution in [0.5, 0.6) is 0 Å². The molecule has 116 valence electrons. The van der Waals surface area contributed by atoms with Gasteiger partial charge in [-0.05, 0) is 57.5 Å². The molecule has 1 aliphatic rings. The summed E-state index contributed by atoms with van der Waals surface area (Å²) in [5.74, 6) is 0.0446. The lowest BCUT2D eigenvalue weighted by Crippen LogP contribution is -2.26. The second-order valence-corrected chi connectivity index (χ2v) is 5.94. The molecule has 0 spiro atoms. The molecule has 1 aromatic carbocycles. The second kappa shape index (κ2) is 9.56. The van der Waals surface area contributed by atoms with Gasteiger partial charge in [-0.15, -0.1) is 0 Å². The fourth-order valence-electron chi connectivity index (χ4n) is 2.89. The van der Waals surface area contributed by atoms with Crippen molar-refractivity contribution in [1.82, 2.24) is 10.2 Å². The third kappa shape index (κ3) is 6.30. The lowest BCUT2D eigenvalue weighted by atomic mass is 10.2. The van der Waals surface area contributed by atoms with E-state index in [9.17, 15) is 4.79 Å². The number of benzene rings is 1. The van der Waals surface area contributed by atoms with Gasteiger partial charge in [0.2, 0.25) is 0 Å². The predicted octanol–water partition coefficient (Wildman–Crippen LogP) is 3.46. The summed E-state index contributed by atoms with van der Waals surface area (Å²) in [4.78, 5) is 14.5. The van der Waals surface area contributed by atoms with Gasteiger partial charge in [0.05, 0.1) is 0 Å². The molecule has 0 aliphatic carbocycles. The molecule has 1 fully saturated rings. The van der Waals surface area contributed by atoms with Gasteiger partial charge in [0, 0.05) is 12.1 Å². The van der Waals surface area contributed by atoms with Gasteiger partial charge >= 0.3 is 0 Å². The maximum absolute atomic E-state index is 11.8. The quantitative estimate of drug-likeness (QED) is 0.779. The lowest BCUT2D eigenvalue weighted by Gasteiger charge is -2.19. The van der Waals surface area contributed by atoms with Crippen LogP contribution in [0, 0.1) is 0 Å². The monoisotopic (exact) mass is 288 g/mol. The first-order chi connectivity index (χ1) is 10.4. The van der Waals surface area contributed by atoms with Crippen LogP contribution >= 0.6 is 0 Å². The van der Waals surface area contributed by atoms with E-state index in [1.807, 2.05) is 30.3 Å². The normalized spacial score (nSPS) is 16.4. The van der Waals surface area contributed by atoms with Gasteiger partial charge in [0.15, 0.2) is 0 Å². The molecule has 3 heteroatoms. The molecule has 0 radical (unpaired) electrons. The maximum atomic E-state index is 11.8. The average Bonchev–Trinajstić information content (AvgIpc) is 2.80. The fourth-order valence-corrected chi connectivity index (χ4v) is 2.89. The van der Waals surface area contributed by atoms with Gasteiger partial charge in [0.1, 0.15) is 0 Å². The van der Waals surface area contributed by atoms with Crippen LogP contribution in [0.15, 0.2) is 30.3 Å². The van der Waals surface area contributed by atoms with Crippen LogP contribution in [-0.4, -0.2) is 37.0 Å². The number of unbranched alkanes of at least 4 members (excludes halogenated alkanes) is 2. The van der Waals surface area contributed by atoms with E-state index in [1.54, 1.807) is 0 Å². The smallest absolute Gasteiger partial charge is 0.251 e. The van der Waals surface area contributed by atoms with E-state index in [2.05, 4.69) is 10.2 Å². The minimum atomic E-state index is 0.0446. The minimum Gasteiger partial charge on any atom is -0.352 e. The summed E-state index contributed by atoms with van der Waals surface area (Å²) >= 11 is 0. The van der Waals surface area contributed by atoms with Crippen LogP contribution in [0.1, 0.15) is 55.3 Å². The van der Waals surface area contributed by atoms with Crippen molar-refractivity contribution in [3.05, 3.63) is 35.9 Å². The minimum absolute atomic E-state index is 0.0446. The van der Waals surface area contributed by atoms with Crippen LogP contribution < -0.4 is 5.32 Å². The predicted molar refractivity (Wildman–Crippen MR) is 87.5 cm³/mol. The first-order valence-electron chi connectivity index (χ1n) is 8.42. The number of hydrogen-bond acceptors (Lipinski definition) is 2. The molecule has 0 bridgehead atoms.